The summed E-state index contributed by atoms with van der Waals surface area (Å²) in [6, 6.07) is 5.09. The first-order valence-electron chi connectivity index (χ1n) is 9.52. The van der Waals surface area contributed by atoms with Gasteiger partial charge in [-0.25, -0.2) is 4.79 Å². The van der Waals surface area contributed by atoms with E-state index in [2.05, 4.69) is 6.58 Å². The fourth-order valence-corrected chi connectivity index (χ4v) is 2.82. The van der Waals surface area contributed by atoms with Gasteiger partial charge < -0.3 is 9.84 Å². The Morgan fingerprint density at radius 2 is 1.52 bits per heavy atom. The van der Waals surface area contributed by atoms with Gasteiger partial charge in [-0.1, -0.05) is 73.4 Å². The Kier molecular flexibility index (Phi) is 12.6. The molecule has 0 radical (unpaired) electrons. The molecule has 0 aliphatic rings. The van der Waals surface area contributed by atoms with Crippen LogP contribution < -0.4 is 4.74 Å². The van der Waals surface area contributed by atoms with Crippen LogP contribution in [0.2, 0.25) is 0 Å². The summed E-state index contributed by atoms with van der Waals surface area (Å²) in [6.45, 7) is 7.71. The van der Waals surface area contributed by atoms with E-state index in [1.165, 1.54) is 12.2 Å². The van der Waals surface area contributed by atoms with E-state index in [-0.39, 0.29) is 5.12 Å². The number of rotatable bonds is 11. The summed E-state index contributed by atoms with van der Waals surface area (Å²) in [4.78, 5) is 23.7. The largest absolute Gasteiger partial charge is 0.478 e. The van der Waals surface area contributed by atoms with E-state index in [4.69, 9.17) is 9.84 Å². The zero-order valence-electron chi connectivity index (χ0n) is 17.6. The normalized spacial score (nSPS) is 12.6. The van der Waals surface area contributed by atoms with Crippen LogP contribution in [0.5, 0.6) is 5.75 Å². The first-order chi connectivity index (χ1) is 15.0. The summed E-state index contributed by atoms with van der Waals surface area (Å²) in [6.07, 6.45) is 24.0. The first-order valence-corrected chi connectivity index (χ1v) is 10.3. The van der Waals surface area contributed by atoms with Gasteiger partial charge in [0.25, 0.3) is 0 Å². The van der Waals surface area contributed by atoms with E-state index in [0.717, 1.165) is 17.8 Å². The van der Waals surface area contributed by atoms with Crippen LogP contribution >= 0.6 is 11.8 Å². The number of carboxylic acids is 1. The highest BCUT2D eigenvalue weighted by Crippen LogP contribution is 2.33. The highest BCUT2D eigenvalue weighted by molar-refractivity contribution is 8.14. The van der Waals surface area contributed by atoms with Crippen molar-refractivity contribution in [3.8, 4) is 5.75 Å². The zero-order chi connectivity index (χ0) is 22.9. The van der Waals surface area contributed by atoms with Crippen molar-refractivity contribution in [2.45, 2.75) is 18.7 Å². The predicted molar refractivity (Wildman–Crippen MR) is 130 cm³/mol. The van der Waals surface area contributed by atoms with Gasteiger partial charge in [0.2, 0.25) is 5.12 Å². The Morgan fingerprint density at radius 3 is 2.13 bits per heavy atom. The topological polar surface area (TPSA) is 63.6 Å². The number of carbonyl (C=O) groups is 2. The van der Waals surface area contributed by atoms with Crippen LogP contribution in [0, 0.1) is 0 Å². The van der Waals surface area contributed by atoms with Crippen LogP contribution in [0.4, 0.5) is 0 Å². The summed E-state index contributed by atoms with van der Waals surface area (Å²) >= 11 is 0.987. The molecule has 5 heteroatoms. The van der Waals surface area contributed by atoms with Gasteiger partial charge in [0.1, 0.15) is 11.5 Å². The van der Waals surface area contributed by atoms with Crippen LogP contribution in [0.3, 0.4) is 0 Å². The number of allylic oxidation sites excluding steroid dienone is 11. The first kappa shape index (κ1) is 25.5. The minimum absolute atomic E-state index is 0.190. The van der Waals surface area contributed by atoms with Crippen LogP contribution in [0.15, 0.2) is 114 Å². The molecule has 0 saturated heterocycles. The monoisotopic (exact) mass is 434 g/mol. The van der Waals surface area contributed by atoms with Gasteiger partial charge >= 0.3 is 5.97 Å². The molecule has 31 heavy (non-hydrogen) atoms. The molecule has 0 amide bonds. The van der Waals surface area contributed by atoms with Crippen molar-refractivity contribution in [3.05, 3.63) is 115 Å². The summed E-state index contributed by atoms with van der Waals surface area (Å²) in [5.41, 5.74) is 0.637. The van der Waals surface area contributed by atoms with E-state index in [1.807, 2.05) is 56.4 Å². The Hall–Kier alpha value is -3.57. The van der Waals surface area contributed by atoms with Gasteiger partial charge in [-0.2, -0.15) is 0 Å². The molecule has 4 nitrogen and oxygen atoms in total. The third kappa shape index (κ3) is 11.9. The SMILES string of the molecule is C=C(/C=C/C=C/C=C/C)Oc1ccc(/C=C/C(=O)O)cc1SC(=O)/C=C/C=C/C=C/C. The van der Waals surface area contributed by atoms with Crippen molar-refractivity contribution in [1.82, 2.24) is 0 Å². The maximum Gasteiger partial charge on any atom is 0.328 e. The number of hydrogen-bond donors (Lipinski definition) is 1. The Labute approximate surface area is 188 Å². The van der Waals surface area contributed by atoms with Crippen LogP contribution in [0.1, 0.15) is 19.4 Å². The second kappa shape index (κ2) is 15.3. The zero-order valence-corrected chi connectivity index (χ0v) is 18.4. The van der Waals surface area contributed by atoms with Crippen molar-refractivity contribution in [1.29, 1.82) is 0 Å². The molecule has 0 fully saturated rings. The molecular formula is C26H26O4S. The number of ether oxygens (including phenoxy) is 1. The quantitative estimate of drug-likeness (QED) is 0.182. The maximum atomic E-state index is 12.3. The minimum Gasteiger partial charge on any atom is -0.478 e. The fourth-order valence-electron chi connectivity index (χ4n) is 2.05. The minimum atomic E-state index is -1.05. The lowest BCUT2D eigenvalue weighted by atomic mass is 10.2. The van der Waals surface area contributed by atoms with Gasteiger partial charge in [0.15, 0.2) is 0 Å². The molecule has 1 aromatic rings. The molecule has 0 bridgehead atoms. The third-order valence-electron chi connectivity index (χ3n) is 3.40. The van der Waals surface area contributed by atoms with Gasteiger partial charge in [-0.15, -0.1) is 0 Å². The van der Waals surface area contributed by atoms with Crippen LogP contribution in [-0.4, -0.2) is 16.2 Å². The average Bonchev–Trinajstić information content (AvgIpc) is 2.73. The molecule has 160 valence electrons. The molecule has 1 aromatic carbocycles. The number of thioether (sulfide) groups is 1. The van der Waals surface area contributed by atoms with Crippen molar-refractivity contribution < 1.29 is 19.4 Å². The average molecular weight is 435 g/mol. The summed E-state index contributed by atoms with van der Waals surface area (Å²) in [5.74, 6) is -0.195. The van der Waals surface area contributed by atoms with Crippen molar-refractivity contribution >= 4 is 28.9 Å². The molecule has 0 atom stereocenters. The van der Waals surface area contributed by atoms with Gasteiger partial charge in [-0.3, -0.25) is 4.79 Å². The Bertz CT molecular complexity index is 973. The van der Waals surface area contributed by atoms with Gasteiger partial charge in [0.05, 0.1) is 4.90 Å². The summed E-state index contributed by atoms with van der Waals surface area (Å²) in [5, 5.41) is 8.65. The summed E-state index contributed by atoms with van der Waals surface area (Å²) in [7, 11) is 0. The smallest absolute Gasteiger partial charge is 0.328 e. The Morgan fingerprint density at radius 1 is 0.903 bits per heavy atom. The lowest BCUT2D eigenvalue weighted by molar-refractivity contribution is -0.131. The van der Waals surface area contributed by atoms with Crippen LogP contribution in [0.25, 0.3) is 6.08 Å². The van der Waals surface area contributed by atoms with E-state index < -0.39 is 5.97 Å². The number of benzene rings is 1. The lowest BCUT2D eigenvalue weighted by Gasteiger charge is -2.10. The third-order valence-corrected chi connectivity index (χ3v) is 4.28. The molecule has 0 aromatic heterocycles. The van der Waals surface area contributed by atoms with Gasteiger partial charge in [0, 0.05) is 6.08 Å². The van der Waals surface area contributed by atoms with Gasteiger partial charge in [-0.05, 0) is 61.5 Å². The Balaban J connectivity index is 3.03. The summed E-state index contributed by atoms with van der Waals surface area (Å²) < 4.78 is 5.80. The highest BCUT2D eigenvalue weighted by Gasteiger charge is 2.10. The van der Waals surface area contributed by atoms with Crippen molar-refractivity contribution in [2.24, 2.45) is 0 Å². The molecule has 0 aliphatic carbocycles. The van der Waals surface area contributed by atoms with Crippen molar-refractivity contribution in [2.75, 3.05) is 0 Å². The number of carboxylic acid groups (broad SMARTS) is 1. The van der Waals surface area contributed by atoms with E-state index in [0.29, 0.717) is 22.0 Å². The van der Waals surface area contributed by atoms with Crippen molar-refractivity contribution in [3.63, 3.8) is 0 Å². The molecule has 1 rings (SSSR count). The fraction of sp³-hybridized carbons (Fsp3) is 0.0769. The molecule has 0 unspecified atom stereocenters. The maximum absolute atomic E-state index is 12.3. The number of aliphatic carboxylic acids is 1. The molecule has 0 saturated carbocycles. The van der Waals surface area contributed by atoms with E-state index in [1.54, 1.807) is 42.5 Å². The molecular weight excluding hydrogens is 408 g/mol. The van der Waals surface area contributed by atoms with E-state index in [9.17, 15) is 9.59 Å². The predicted octanol–water partition coefficient (Wildman–Crippen LogP) is 6.67. The van der Waals surface area contributed by atoms with E-state index >= 15 is 0 Å². The molecule has 0 heterocycles. The highest BCUT2D eigenvalue weighted by atomic mass is 32.2. The molecule has 1 N–H and O–H groups in total. The second-order valence-electron chi connectivity index (χ2n) is 5.91. The standard InChI is InChI=1S/C26H26O4S/c1-4-6-8-10-12-14-21(3)30-23-18-16-22(17-19-25(27)28)20-24(23)31-26(29)15-13-11-9-7-5-2/h4-20H,3H2,1-2H3,(H,27,28)/b6-4+,7-5+,10-8+,11-9+,14-12+,15-13+,19-17+. The lowest BCUT2D eigenvalue weighted by Crippen LogP contribution is -1.95. The molecule has 0 aliphatic heterocycles. The second-order valence-corrected chi connectivity index (χ2v) is 6.95. The van der Waals surface area contributed by atoms with Crippen LogP contribution in [-0.2, 0) is 9.59 Å². The number of hydrogen-bond acceptors (Lipinski definition) is 4. The molecule has 0 spiro atoms. The number of carbonyl (C=O) groups excluding carboxylic acids is 1.